The molecular formula is C22H28ClN7O. The molecule has 0 amide bonds. The third-order valence-corrected chi connectivity index (χ3v) is 7.84. The van der Waals surface area contributed by atoms with Gasteiger partial charge in [0.15, 0.2) is 0 Å². The lowest BCUT2D eigenvalue weighted by molar-refractivity contribution is 0.185. The van der Waals surface area contributed by atoms with E-state index in [1.54, 1.807) is 23.7 Å². The van der Waals surface area contributed by atoms with Gasteiger partial charge in [-0.05, 0) is 49.1 Å². The second kappa shape index (κ2) is 7.31. The van der Waals surface area contributed by atoms with Gasteiger partial charge in [0.1, 0.15) is 11.0 Å². The average molecular weight is 442 g/mol. The Kier molecular flexibility index (Phi) is 4.82. The van der Waals surface area contributed by atoms with Crippen LogP contribution in [0.25, 0.3) is 0 Å². The fraction of sp³-hybridized carbons (Fsp3) is 0.545. The smallest absolute Gasteiger partial charge is 0.264 e. The Morgan fingerprint density at radius 2 is 1.94 bits per heavy atom. The minimum Gasteiger partial charge on any atom is -0.384 e. The van der Waals surface area contributed by atoms with Crippen LogP contribution in [0.4, 0.5) is 11.8 Å². The van der Waals surface area contributed by atoms with Gasteiger partial charge in [-0.2, -0.15) is 0 Å². The van der Waals surface area contributed by atoms with Crippen molar-refractivity contribution < 1.29 is 0 Å². The summed E-state index contributed by atoms with van der Waals surface area (Å²) in [7, 11) is 1.78. The van der Waals surface area contributed by atoms with E-state index in [9.17, 15) is 4.79 Å². The zero-order valence-corrected chi connectivity index (χ0v) is 18.7. The van der Waals surface area contributed by atoms with E-state index < -0.39 is 0 Å². The third kappa shape index (κ3) is 3.15. The lowest BCUT2D eigenvalue weighted by atomic mass is 9.73. The Balaban J connectivity index is 1.44. The lowest BCUT2D eigenvalue weighted by Gasteiger charge is -2.43. The predicted octanol–water partition coefficient (Wildman–Crippen LogP) is 2.11. The summed E-state index contributed by atoms with van der Waals surface area (Å²) >= 11 is 6.28. The van der Waals surface area contributed by atoms with Crippen LogP contribution in [0.3, 0.4) is 0 Å². The van der Waals surface area contributed by atoms with Crippen LogP contribution in [0.1, 0.15) is 49.4 Å². The second-order valence-electron chi connectivity index (χ2n) is 9.23. The molecule has 2 atom stereocenters. The van der Waals surface area contributed by atoms with Crippen LogP contribution >= 0.6 is 11.6 Å². The largest absolute Gasteiger partial charge is 0.384 e. The van der Waals surface area contributed by atoms with Gasteiger partial charge in [-0.1, -0.05) is 18.5 Å². The summed E-state index contributed by atoms with van der Waals surface area (Å²) in [6.07, 6.45) is 4.49. The zero-order valence-electron chi connectivity index (χ0n) is 17.9. The number of anilines is 2. The van der Waals surface area contributed by atoms with Gasteiger partial charge in [-0.3, -0.25) is 14.4 Å². The molecule has 8 nitrogen and oxygen atoms in total. The number of nitrogens with two attached hydrogens (primary N) is 2. The molecule has 4 heterocycles. The number of piperidine rings is 1. The molecule has 0 bridgehead atoms. The zero-order chi connectivity index (χ0) is 21.9. The molecule has 3 aliphatic rings. The second-order valence-corrected chi connectivity index (χ2v) is 9.59. The first-order chi connectivity index (χ1) is 14.8. The molecule has 2 aliphatic heterocycles. The maximum Gasteiger partial charge on any atom is 0.264 e. The monoisotopic (exact) mass is 441 g/mol. The fourth-order valence-corrected chi connectivity index (χ4v) is 5.80. The molecule has 2 fully saturated rings. The summed E-state index contributed by atoms with van der Waals surface area (Å²) < 4.78 is 1.63. The topological polar surface area (TPSA) is 115 Å². The van der Waals surface area contributed by atoms with E-state index in [0.717, 1.165) is 25.9 Å². The highest BCUT2D eigenvalue weighted by Crippen LogP contribution is 2.48. The van der Waals surface area contributed by atoms with Crippen LogP contribution in [0.2, 0.25) is 5.15 Å². The number of hydrogen-bond donors (Lipinski definition) is 2. The van der Waals surface area contributed by atoms with Crippen LogP contribution in [0, 0.1) is 11.3 Å². The van der Waals surface area contributed by atoms with Crippen LogP contribution < -0.4 is 21.9 Å². The van der Waals surface area contributed by atoms with Gasteiger partial charge >= 0.3 is 0 Å². The highest BCUT2D eigenvalue weighted by Gasteiger charge is 2.46. The Morgan fingerprint density at radius 1 is 1.19 bits per heavy atom. The van der Waals surface area contributed by atoms with Gasteiger partial charge in [-0.15, -0.1) is 0 Å². The van der Waals surface area contributed by atoms with Gasteiger partial charge in [0.25, 0.3) is 5.56 Å². The maximum absolute atomic E-state index is 13.3. The predicted molar refractivity (Wildman–Crippen MR) is 123 cm³/mol. The molecule has 2 aromatic heterocycles. The molecule has 1 saturated heterocycles. The molecule has 1 saturated carbocycles. The van der Waals surface area contributed by atoms with E-state index in [-0.39, 0.29) is 22.2 Å². The van der Waals surface area contributed by atoms with Crippen LogP contribution in [0.5, 0.6) is 0 Å². The minimum atomic E-state index is -0.115. The molecule has 0 radical (unpaired) electrons. The van der Waals surface area contributed by atoms with Gasteiger partial charge in [0.2, 0.25) is 5.95 Å². The van der Waals surface area contributed by atoms with Gasteiger partial charge in [0, 0.05) is 31.7 Å². The van der Waals surface area contributed by atoms with Crippen molar-refractivity contribution in [2.45, 2.75) is 45.2 Å². The quantitative estimate of drug-likeness (QED) is 0.689. The van der Waals surface area contributed by atoms with Crippen LogP contribution in [-0.2, 0) is 13.6 Å². The summed E-state index contributed by atoms with van der Waals surface area (Å²) in [6.45, 7) is 4.34. The van der Waals surface area contributed by atoms with E-state index in [1.165, 1.54) is 12.8 Å². The molecule has 1 aliphatic carbocycles. The molecular weight excluding hydrogens is 414 g/mol. The summed E-state index contributed by atoms with van der Waals surface area (Å²) in [5.41, 5.74) is 14.7. The fourth-order valence-electron chi connectivity index (χ4n) is 5.55. The molecule has 0 aromatic carbocycles. The van der Waals surface area contributed by atoms with Crippen molar-refractivity contribution in [1.29, 1.82) is 0 Å². The highest BCUT2D eigenvalue weighted by molar-refractivity contribution is 6.34. The summed E-state index contributed by atoms with van der Waals surface area (Å²) in [6, 6.07) is 3.68. The molecule has 164 valence electrons. The first-order valence-electron chi connectivity index (χ1n) is 10.9. The van der Waals surface area contributed by atoms with E-state index in [0.29, 0.717) is 46.8 Å². The highest BCUT2D eigenvalue weighted by atomic mass is 35.5. The molecule has 2 aromatic rings. The number of aliphatic imine (C=N–C) groups is 1. The van der Waals surface area contributed by atoms with Crippen molar-refractivity contribution in [3.8, 4) is 0 Å². The molecule has 1 spiro atoms. The Bertz CT molecular complexity index is 1130. The number of hydrogen-bond acceptors (Lipinski definition) is 7. The van der Waals surface area contributed by atoms with E-state index in [1.807, 2.05) is 0 Å². The van der Waals surface area contributed by atoms with E-state index >= 15 is 0 Å². The number of nitrogen functional groups attached to an aromatic ring is 1. The minimum absolute atomic E-state index is 0.115. The summed E-state index contributed by atoms with van der Waals surface area (Å²) in [4.78, 5) is 29.1. The van der Waals surface area contributed by atoms with Crippen LogP contribution in [-0.4, -0.2) is 39.4 Å². The Labute approximate surface area is 186 Å². The molecule has 5 rings (SSSR count). The maximum atomic E-state index is 13.3. The molecule has 31 heavy (non-hydrogen) atoms. The van der Waals surface area contributed by atoms with Crippen molar-refractivity contribution >= 4 is 29.1 Å². The van der Waals surface area contributed by atoms with Crippen molar-refractivity contribution in [2.24, 2.45) is 29.1 Å². The molecule has 4 N–H and O–H groups in total. The number of fused-ring (bicyclic) bond motifs is 1. The number of halogens is 1. The number of pyridine rings is 1. The number of aromatic nitrogens is 3. The van der Waals surface area contributed by atoms with Gasteiger partial charge < -0.3 is 16.4 Å². The lowest BCUT2D eigenvalue weighted by Crippen LogP contribution is -2.49. The van der Waals surface area contributed by atoms with Crippen molar-refractivity contribution in [3.63, 3.8) is 0 Å². The summed E-state index contributed by atoms with van der Waals surface area (Å²) in [5, 5.41) is 0.237. The average Bonchev–Trinajstić information content (AvgIpc) is 3.29. The number of rotatable bonds is 2. The normalized spacial score (nSPS) is 24.5. The SMILES string of the molecule is C[C@@H]1CCC2(CCN(c3nc4c(c(=O)n3C)C(c3ccc(N)nc3Cl)=NC4)CC2)[C@@H]1N. The van der Waals surface area contributed by atoms with Crippen molar-refractivity contribution in [1.82, 2.24) is 14.5 Å². The Morgan fingerprint density at radius 3 is 2.58 bits per heavy atom. The summed E-state index contributed by atoms with van der Waals surface area (Å²) in [5.74, 6) is 1.61. The standard InChI is InChI=1S/C22H28ClN7O/c1-12-5-6-22(18(12)25)7-9-30(10-8-22)21-27-14-11-26-17(16(14)20(31)29(21)2)13-3-4-15(24)28-19(13)23/h3-4,12,18H,5-11,25H2,1-2H3,(H2,24,28)/t12-,18-/m1/s1. The van der Waals surface area contributed by atoms with E-state index in [2.05, 4.69) is 21.8 Å². The number of nitrogens with zero attached hydrogens (tertiary/aromatic N) is 5. The first kappa shape index (κ1) is 20.5. The van der Waals surface area contributed by atoms with Crippen molar-refractivity contribution in [2.75, 3.05) is 23.7 Å². The Hall–Kier alpha value is -2.45. The third-order valence-electron chi connectivity index (χ3n) is 7.55. The molecule has 0 unspecified atom stereocenters. The van der Waals surface area contributed by atoms with Crippen molar-refractivity contribution in [3.05, 3.63) is 44.5 Å². The molecule has 9 heteroatoms. The van der Waals surface area contributed by atoms with E-state index in [4.69, 9.17) is 28.1 Å². The van der Waals surface area contributed by atoms with Gasteiger partial charge in [0.05, 0.1) is 23.5 Å². The van der Waals surface area contributed by atoms with Gasteiger partial charge in [-0.25, -0.2) is 9.97 Å². The first-order valence-corrected chi connectivity index (χ1v) is 11.3. The van der Waals surface area contributed by atoms with Crippen LogP contribution in [0.15, 0.2) is 21.9 Å².